The number of hydrogen-bond acceptors (Lipinski definition) is 2. The zero-order chi connectivity index (χ0) is 12.3. The molecule has 1 aliphatic rings. The maximum Gasteiger partial charge on any atom is 0.306 e. The third-order valence-corrected chi connectivity index (χ3v) is 4.31. The number of carboxylic acids is 1. The minimum absolute atomic E-state index is 0.306. The lowest BCUT2D eigenvalue weighted by Gasteiger charge is -2.07. The zero-order valence-electron chi connectivity index (χ0n) is 10.1. The molecule has 0 heterocycles. The first-order valence-electron chi connectivity index (χ1n) is 6.09. The van der Waals surface area contributed by atoms with Crippen LogP contribution >= 0.6 is 11.8 Å². The summed E-state index contributed by atoms with van der Waals surface area (Å²) in [5, 5.41) is 8.85. The maximum absolute atomic E-state index is 10.8. The number of carboxylic acid groups (broad SMARTS) is 1. The van der Waals surface area contributed by atoms with Crippen LogP contribution in [0.3, 0.4) is 0 Å². The largest absolute Gasteiger partial charge is 0.481 e. The van der Waals surface area contributed by atoms with Crippen LogP contribution in [0.2, 0.25) is 0 Å². The summed E-state index contributed by atoms with van der Waals surface area (Å²) >= 11 is 1.91. The van der Waals surface area contributed by atoms with Gasteiger partial charge in [0.05, 0.1) is 5.92 Å². The van der Waals surface area contributed by atoms with Crippen LogP contribution in [0.4, 0.5) is 0 Å². The molecule has 3 heteroatoms. The van der Waals surface area contributed by atoms with Gasteiger partial charge in [0.25, 0.3) is 0 Å². The van der Waals surface area contributed by atoms with Crippen molar-refractivity contribution in [2.24, 2.45) is 11.8 Å². The standard InChI is InChI=1S/C14H18O2S/c1-10(14(15)16)8-11-4-6-13(7-5-11)17-9-12-2-3-12/h4-7,10,12H,2-3,8-9H2,1H3,(H,15,16). The fourth-order valence-electron chi connectivity index (χ4n) is 1.66. The molecule has 0 aromatic heterocycles. The Bertz CT molecular complexity index is 382. The lowest BCUT2D eigenvalue weighted by molar-refractivity contribution is -0.141. The van der Waals surface area contributed by atoms with Crippen LogP contribution in [0, 0.1) is 11.8 Å². The average Bonchev–Trinajstić information content (AvgIpc) is 3.12. The van der Waals surface area contributed by atoms with E-state index in [2.05, 4.69) is 24.3 Å². The van der Waals surface area contributed by atoms with E-state index in [-0.39, 0.29) is 5.92 Å². The van der Waals surface area contributed by atoms with Crippen molar-refractivity contribution >= 4 is 17.7 Å². The Hall–Kier alpha value is -0.960. The molecule has 92 valence electrons. The molecule has 1 aromatic carbocycles. The molecule has 2 rings (SSSR count). The fraction of sp³-hybridized carbons (Fsp3) is 0.500. The molecule has 0 radical (unpaired) electrons. The van der Waals surface area contributed by atoms with E-state index >= 15 is 0 Å². The van der Waals surface area contributed by atoms with E-state index in [0.717, 1.165) is 11.5 Å². The summed E-state index contributed by atoms with van der Waals surface area (Å²) in [4.78, 5) is 12.0. The molecule has 1 unspecified atom stereocenters. The van der Waals surface area contributed by atoms with Crippen LogP contribution in [-0.2, 0) is 11.2 Å². The molecule has 2 nitrogen and oxygen atoms in total. The van der Waals surface area contributed by atoms with E-state index in [9.17, 15) is 4.79 Å². The monoisotopic (exact) mass is 250 g/mol. The normalized spacial score (nSPS) is 16.8. The number of hydrogen-bond donors (Lipinski definition) is 1. The molecule has 0 saturated heterocycles. The van der Waals surface area contributed by atoms with E-state index in [4.69, 9.17) is 5.11 Å². The molecular formula is C14H18O2S. The molecule has 1 saturated carbocycles. The van der Waals surface area contributed by atoms with Crippen molar-refractivity contribution in [1.82, 2.24) is 0 Å². The topological polar surface area (TPSA) is 37.3 Å². The highest BCUT2D eigenvalue weighted by molar-refractivity contribution is 7.99. The van der Waals surface area contributed by atoms with Crippen molar-refractivity contribution in [3.63, 3.8) is 0 Å². The second-order valence-corrected chi connectivity index (χ2v) is 5.94. The van der Waals surface area contributed by atoms with Crippen molar-refractivity contribution in [3.05, 3.63) is 29.8 Å². The second kappa shape index (κ2) is 5.58. The van der Waals surface area contributed by atoms with Gasteiger partial charge in [-0.1, -0.05) is 19.1 Å². The molecule has 1 fully saturated rings. The Kier molecular flexibility index (Phi) is 4.11. The van der Waals surface area contributed by atoms with Gasteiger partial charge in [0.1, 0.15) is 0 Å². The first-order valence-corrected chi connectivity index (χ1v) is 7.08. The number of rotatable bonds is 6. The highest BCUT2D eigenvalue weighted by atomic mass is 32.2. The molecule has 1 aromatic rings. The van der Waals surface area contributed by atoms with Crippen LogP contribution in [0.1, 0.15) is 25.3 Å². The summed E-state index contributed by atoms with van der Waals surface area (Å²) in [5.74, 6) is 1.13. The summed E-state index contributed by atoms with van der Waals surface area (Å²) < 4.78 is 0. The van der Waals surface area contributed by atoms with Gasteiger partial charge in [-0.15, -0.1) is 11.8 Å². The lowest BCUT2D eigenvalue weighted by Crippen LogP contribution is -2.12. The second-order valence-electron chi connectivity index (χ2n) is 4.84. The number of benzene rings is 1. The van der Waals surface area contributed by atoms with Crippen molar-refractivity contribution in [1.29, 1.82) is 0 Å². The van der Waals surface area contributed by atoms with Crippen molar-refractivity contribution in [2.45, 2.75) is 31.1 Å². The lowest BCUT2D eigenvalue weighted by atomic mass is 10.0. The third kappa shape index (κ3) is 4.08. The van der Waals surface area contributed by atoms with Gasteiger partial charge >= 0.3 is 5.97 Å². The number of carbonyl (C=O) groups is 1. The summed E-state index contributed by atoms with van der Waals surface area (Å²) in [7, 11) is 0. The molecule has 0 spiro atoms. The Morgan fingerprint density at radius 2 is 2.06 bits per heavy atom. The first kappa shape index (κ1) is 12.5. The third-order valence-electron chi connectivity index (χ3n) is 3.07. The first-order chi connectivity index (χ1) is 8.15. The van der Waals surface area contributed by atoms with Gasteiger partial charge in [-0.05, 0) is 42.9 Å². The van der Waals surface area contributed by atoms with Gasteiger partial charge in [0, 0.05) is 10.6 Å². The van der Waals surface area contributed by atoms with Crippen LogP contribution in [0.5, 0.6) is 0 Å². The summed E-state index contributed by atoms with van der Waals surface area (Å²) in [5.41, 5.74) is 1.11. The minimum atomic E-state index is -0.725. The Morgan fingerprint density at radius 3 is 2.59 bits per heavy atom. The van der Waals surface area contributed by atoms with Crippen molar-refractivity contribution in [3.8, 4) is 0 Å². The Balaban J connectivity index is 1.85. The molecule has 0 amide bonds. The van der Waals surface area contributed by atoms with E-state index in [1.807, 2.05) is 11.8 Å². The quantitative estimate of drug-likeness (QED) is 0.786. The SMILES string of the molecule is CC(Cc1ccc(SCC2CC2)cc1)C(=O)O. The van der Waals surface area contributed by atoms with Gasteiger partial charge in [0.2, 0.25) is 0 Å². The molecule has 1 N–H and O–H groups in total. The summed E-state index contributed by atoms with van der Waals surface area (Å²) in [6.45, 7) is 1.75. The molecule has 1 aliphatic carbocycles. The van der Waals surface area contributed by atoms with Crippen molar-refractivity contribution in [2.75, 3.05) is 5.75 Å². The number of aliphatic carboxylic acids is 1. The molecule has 17 heavy (non-hydrogen) atoms. The predicted molar refractivity (Wildman–Crippen MR) is 70.4 cm³/mol. The van der Waals surface area contributed by atoms with Crippen molar-refractivity contribution < 1.29 is 9.90 Å². The summed E-state index contributed by atoms with van der Waals surface area (Å²) in [6.07, 6.45) is 3.39. The maximum atomic E-state index is 10.8. The van der Waals surface area contributed by atoms with Gasteiger partial charge in [0.15, 0.2) is 0 Å². The zero-order valence-corrected chi connectivity index (χ0v) is 10.9. The highest BCUT2D eigenvalue weighted by Gasteiger charge is 2.20. The minimum Gasteiger partial charge on any atom is -0.481 e. The Labute approximate surface area is 106 Å². The highest BCUT2D eigenvalue weighted by Crippen LogP contribution is 2.35. The molecular weight excluding hydrogens is 232 g/mol. The smallest absolute Gasteiger partial charge is 0.306 e. The molecule has 0 aliphatic heterocycles. The van der Waals surface area contributed by atoms with E-state index < -0.39 is 5.97 Å². The number of thioether (sulfide) groups is 1. The van der Waals surface area contributed by atoms with Gasteiger partial charge < -0.3 is 5.11 Å². The van der Waals surface area contributed by atoms with E-state index in [1.54, 1.807) is 6.92 Å². The van der Waals surface area contributed by atoms with E-state index in [0.29, 0.717) is 6.42 Å². The average molecular weight is 250 g/mol. The van der Waals surface area contributed by atoms with Crippen LogP contribution in [0.25, 0.3) is 0 Å². The van der Waals surface area contributed by atoms with Gasteiger partial charge in [-0.25, -0.2) is 0 Å². The van der Waals surface area contributed by atoms with Crippen LogP contribution in [0.15, 0.2) is 29.2 Å². The molecule has 0 bridgehead atoms. The predicted octanol–water partition coefficient (Wildman–Crippen LogP) is 3.45. The molecule has 1 atom stereocenters. The van der Waals surface area contributed by atoms with Crippen LogP contribution in [-0.4, -0.2) is 16.8 Å². The Morgan fingerprint density at radius 1 is 1.41 bits per heavy atom. The van der Waals surface area contributed by atoms with Crippen LogP contribution < -0.4 is 0 Å². The van der Waals surface area contributed by atoms with Gasteiger partial charge in [-0.2, -0.15) is 0 Å². The van der Waals surface area contributed by atoms with E-state index in [1.165, 1.54) is 23.5 Å². The summed E-state index contributed by atoms with van der Waals surface area (Å²) in [6, 6.07) is 8.32. The fourth-order valence-corrected chi connectivity index (χ4v) is 2.75. The van der Waals surface area contributed by atoms with Gasteiger partial charge in [-0.3, -0.25) is 4.79 Å².